The molecule has 0 fully saturated rings. The minimum Gasteiger partial charge on any atom is -0.310 e. The van der Waals surface area contributed by atoms with Crippen molar-refractivity contribution in [2.75, 3.05) is 9.80 Å². The van der Waals surface area contributed by atoms with Gasteiger partial charge in [0.05, 0.1) is 11.4 Å². The number of nitrogens with zero attached hydrogens (tertiary/aromatic N) is 2. The molecule has 0 saturated heterocycles. The third-order valence-corrected chi connectivity index (χ3v) is 7.98. The summed E-state index contributed by atoms with van der Waals surface area (Å²) in [6.07, 6.45) is -1.45. The number of halogens is 2. The third-order valence-electron chi connectivity index (χ3n) is 7.98. The molecule has 36 heavy (non-hydrogen) atoms. The summed E-state index contributed by atoms with van der Waals surface area (Å²) < 4.78 is 30.8. The van der Waals surface area contributed by atoms with E-state index < -0.39 is 12.6 Å². The standard InChI is InChI=1S/C32H22F2N2/c33-29-17-21-5-1-3-7-25(21)35(29)27-15-11-19-10-14-24-28(16-12-20-9-13-23(27)31(19)32(20)24)36-26-8-4-2-6-22(26)18-30(36)34/h1-16,29-30H,17-18H2. The van der Waals surface area contributed by atoms with Gasteiger partial charge in [0.25, 0.3) is 0 Å². The van der Waals surface area contributed by atoms with E-state index in [0.29, 0.717) is 12.8 Å². The average Bonchev–Trinajstić information content (AvgIpc) is 3.42. The summed E-state index contributed by atoms with van der Waals surface area (Å²) >= 11 is 0. The fourth-order valence-electron chi connectivity index (χ4n) is 6.44. The van der Waals surface area contributed by atoms with Gasteiger partial charge in [-0.05, 0) is 56.9 Å². The van der Waals surface area contributed by atoms with Crippen molar-refractivity contribution in [1.29, 1.82) is 0 Å². The number of rotatable bonds is 2. The quantitative estimate of drug-likeness (QED) is 0.184. The number of fused-ring (bicyclic) bond motifs is 2. The van der Waals surface area contributed by atoms with Gasteiger partial charge in [0.1, 0.15) is 0 Å². The number of hydrogen-bond acceptors (Lipinski definition) is 2. The second-order valence-electron chi connectivity index (χ2n) is 9.87. The predicted octanol–water partition coefficient (Wildman–Crippen LogP) is 8.56. The topological polar surface area (TPSA) is 6.48 Å². The van der Waals surface area contributed by atoms with Crippen LogP contribution in [0, 0.1) is 0 Å². The smallest absolute Gasteiger partial charge is 0.180 e. The van der Waals surface area contributed by atoms with Gasteiger partial charge in [-0.3, -0.25) is 0 Å². The van der Waals surface area contributed by atoms with Crippen LogP contribution in [0.15, 0.2) is 97.1 Å². The van der Waals surface area contributed by atoms with Crippen molar-refractivity contribution in [2.45, 2.75) is 25.4 Å². The lowest BCUT2D eigenvalue weighted by atomic mass is 9.92. The van der Waals surface area contributed by atoms with Crippen LogP contribution in [0.5, 0.6) is 0 Å². The van der Waals surface area contributed by atoms with E-state index in [9.17, 15) is 0 Å². The van der Waals surface area contributed by atoms with Gasteiger partial charge in [-0.15, -0.1) is 0 Å². The van der Waals surface area contributed by atoms with Gasteiger partial charge in [0, 0.05) is 35.0 Å². The van der Waals surface area contributed by atoms with Gasteiger partial charge >= 0.3 is 0 Å². The Morgan fingerprint density at radius 3 is 1.36 bits per heavy atom. The largest absolute Gasteiger partial charge is 0.310 e. The lowest BCUT2D eigenvalue weighted by molar-refractivity contribution is 0.353. The van der Waals surface area contributed by atoms with Crippen molar-refractivity contribution in [2.24, 2.45) is 0 Å². The van der Waals surface area contributed by atoms with E-state index in [0.717, 1.165) is 66.2 Å². The first kappa shape index (κ1) is 20.1. The highest BCUT2D eigenvalue weighted by Gasteiger charge is 2.33. The van der Waals surface area contributed by atoms with E-state index >= 15 is 8.78 Å². The van der Waals surface area contributed by atoms with Crippen molar-refractivity contribution in [3.8, 4) is 0 Å². The van der Waals surface area contributed by atoms with Crippen LogP contribution in [0.3, 0.4) is 0 Å². The summed E-state index contributed by atoms with van der Waals surface area (Å²) in [6.45, 7) is 0. The molecule has 0 bridgehead atoms. The maximum Gasteiger partial charge on any atom is 0.180 e. The molecule has 6 aromatic carbocycles. The molecular weight excluding hydrogens is 450 g/mol. The zero-order chi connectivity index (χ0) is 24.0. The molecule has 0 aromatic heterocycles. The molecule has 0 N–H and O–H groups in total. The van der Waals surface area contributed by atoms with E-state index in [1.54, 1.807) is 0 Å². The molecule has 2 atom stereocenters. The van der Waals surface area contributed by atoms with Crippen molar-refractivity contribution >= 4 is 55.1 Å². The number of alkyl halides is 2. The lowest BCUT2D eigenvalue weighted by Crippen LogP contribution is -2.23. The van der Waals surface area contributed by atoms with Gasteiger partial charge < -0.3 is 9.80 Å². The summed E-state index contributed by atoms with van der Waals surface area (Å²) in [5.41, 5.74) is 5.65. The monoisotopic (exact) mass is 472 g/mol. The maximum atomic E-state index is 15.4. The Labute approximate surface area is 207 Å². The van der Waals surface area contributed by atoms with Gasteiger partial charge in [-0.1, -0.05) is 72.8 Å². The first-order valence-corrected chi connectivity index (χ1v) is 12.4. The molecule has 2 unspecified atom stereocenters. The first-order valence-electron chi connectivity index (χ1n) is 12.4. The summed E-state index contributed by atoms with van der Waals surface area (Å²) in [5, 5.41) is 6.44. The van der Waals surface area contributed by atoms with E-state index in [1.807, 2.05) is 70.5 Å². The molecule has 0 saturated carbocycles. The predicted molar refractivity (Wildman–Crippen MR) is 145 cm³/mol. The van der Waals surface area contributed by atoms with Crippen molar-refractivity contribution < 1.29 is 8.78 Å². The molecule has 0 spiro atoms. The van der Waals surface area contributed by atoms with Crippen LogP contribution in [0.2, 0.25) is 0 Å². The van der Waals surface area contributed by atoms with Crippen LogP contribution < -0.4 is 9.80 Å². The SMILES string of the molecule is FC1Cc2ccccc2N1c1ccc2ccc3c(N4c5ccccc5CC4F)ccc4ccc1c2c43. The Morgan fingerprint density at radius 2 is 0.889 bits per heavy atom. The van der Waals surface area contributed by atoms with Gasteiger partial charge in [-0.25, -0.2) is 8.78 Å². The molecule has 8 rings (SSSR count). The van der Waals surface area contributed by atoms with Crippen LogP contribution in [0.25, 0.3) is 32.3 Å². The van der Waals surface area contributed by atoms with Crippen LogP contribution in [-0.2, 0) is 12.8 Å². The summed E-state index contributed by atoms with van der Waals surface area (Å²) in [4.78, 5) is 3.66. The second kappa shape index (κ2) is 7.17. The van der Waals surface area contributed by atoms with E-state index in [2.05, 4.69) is 36.4 Å². The molecule has 2 nitrogen and oxygen atoms in total. The average molecular weight is 473 g/mol. The highest BCUT2D eigenvalue weighted by atomic mass is 19.1. The van der Waals surface area contributed by atoms with Gasteiger partial charge in [0.2, 0.25) is 0 Å². The Hall–Kier alpha value is -4.18. The van der Waals surface area contributed by atoms with Gasteiger partial charge in [-0.2, -0.15) is 0 Å². The molecular formula is C32H22F2N2. The molecule has 0 radical (unpaired) electrons. The summed E-state index contributed by atoms with van der Waals surface area (Å²) in [7, 11) is 0. The number of para-hydroxylation sites is 2. The molecule has 174 valence electrons. The number of anilines is 4. The van der Waals surface area contributed by atoms with Crippen LogP contribution >= 0.6 is 0 Å². The van der Waals surface area contributed by atoms with Crippen LogP contribution in [0.1, 0.15) is 11.1 Å². The Balaban J connectivity index is 1.40. The second-order valence-corrected chi connectivity index (χ2v) is 9.87. The zero-order valence-electron chi connectivity index (χ0n) is 19.5. The van der Waals surface area contributed by atoms with Gasteiger partial charge in [0.15, 0.2) is 12.6 Å². The molecule has 2 aliphatic heterocycles. The van der Waals surface area contributed by atoms with E-state index in [4.69, 9.17) is 0 Å². The summed E-state index contributed by atoms with van der Waals surface area (Å²) in [6, 6.07) is 32.5. The highest BCUT2D eigenvalue weighted by molar-refractivity contribution is 6.27. The van der Waals surface area contributed by atoms with Crippen LogP contribution in [0.4, 0.5) is 31.5 Å². The molecule has 0 aliphatic carbocycles. The highest BCUT2D eigenvalue weighted by Crippen LogP contribution is 2.48. The molecule has 6 aromatic rings. The van der Waals surface area contributed by atoms with Crippen molar-refractivity contribution in [1.82, 2.24) is 0 Å². The third kappa shape index (κ3) is 2.59. The minimum absolute atomic E-state index is 0.383. The fraction of sp³-hybridized carbons (Fsp3) is 0.125. The van der Waals surface area contributed by atoms with Crippen molar-refractivity contribution in [3.63, 3.8) is 0 Å². The maximum absolute atomic E-state index is 15.4. The molecule has 4 heteroatoms. The minimum atomic E-state index is -1.11. The first-order chi connectivity index (χ1) is 17.7. The van der Waals surface area contributed by atoms with E-state index in [1.165, 1.54) is 0 Å². The zero-order valence-corrected chi connectivity index (χ0v) is 19.5. The van der Waals surface area contributed by atoms with E-state index in [-0.39, 0.29) is 0 Å². The number of hydrogen-bond donors (Lipinski definition) is 0. The van der Waals surface area contributed by atoms with Crippen molar-refractivity contribution in [3.05, 3.63) is 108 Å². The number of benzene rings is 6. The fourth-order valence-corrected chi connectivity index (χ4v) is 6.44. The Morgan fingerprint density at radius 1 is 0.472 bits per heavy atom. The molecule has 0 amide bonds. The van der Waals surface area contributed by atoms with Crippen LogP contribution in [-0.4, -0.2) is 12.6 Å². The Bertz CT molecular complexity index is 1680. The summed E-state index contributed by atoms with van der Waals surface area (Å²) in [5.74, 6) is 0. The molecule has 2 aliphatic rings. The molecule has 2 heterocycles. The normalized spacial score (nSPS) is 19.1. The lowest BCUT2D eigenvalue weighted by Gasteiger charge is -2.27. The Kier molecular flexibility index (Phi) is 4.00.